The van der Waals surface area contributed by atoms with Gasteiger partial charge in [0, 0.05) is 32.7 Å². The molecule has 0 aromatic heterocycles. The third-order valence-electron chi connectivity index (χ3n) is 4.94. The number of hydrogen-bond acceptors (Lipinski definition) is 5. The van der Waals surface area contributed by atoms with Crippen molar-refractivity contribution in [2.75, 3.05) is 33.0 Å². The maximum atomic E-state index is 13.5. The Bertz CT molecular complexity index is 956. The quantitative estimate of drug-likeness (QED) is 0.800. The van der Waals surface area contributed by atoms with Crippen LogP contribution in [0.15, 0.2) is 41.3 Å². The number of piperazine rings is 1. The minimum Gasteiger partial charge on any atom is -0.454 e. The molecule has 0 atom stereocenters. The zero-order chi connectivity index (χ0) is 19.0. The predicted octanol–water partition coefficient (Wildman–Crippen LogP) is 2.37. The van der Waals surface area contributed by atoms with E-state index in [9.17, 15) is 12.8 Å². The number of ether oxygens (including phenoxy) is 2. The molecule has 0 aliphatic carbocycles. The number of aryl methyl sites for hydroxylation is 1. The van der Waals surface area contributed by atoms with E-state index >= 15 is 0 Å². The minimum atomic E-state index is -3.69. The van der Waals surface area contributed by atoms with Crippen LogP contribution in [-0.4, -0.2) is 50.6 Å². The van der Waals surface area contributed by atoms with E-state index in [1.54, 1.807) is 6.92 Å². The maximum absolute atomic E-state index is 13.5. The Morgan fingerprint density at radius 1 is 1.00 bits per heavy atom. The number of nitrogens with zero attached hydrogens (tertiary/aromatic N) is 2. The third-order valence-corrected chi connectivity index (χ3v) is 6.98. The van der Waals surface area contributed by atoms with Gasteiger partial charge in [0.05, 0.1) is 4.90 Å². The molecular weight excluding hydrogens is 371 g/mol. The van der Waals surface area contributed by atoms with Gasteiger partial charge in [-0.3, -0.25) is 4.90 Å². The first-order chi connectivity index (χ1) is 12.9. The Morgan fingerprint density at radius 3 is 2.52 bits per heavy atom. The second-order valence-corrected chi connectivity index (χ2v) is 8.68. The molecule has 1 saturated heterocycles. The van der Waals surface area contributed by atoms with Gasteiger partial charge in [-0.2, -0.15) is 4.31 Å². The molecule has 144 valence electrons. The molecule has 6 nitrogen and oxygen atoms in total. The Hall–Kier alpha value is -2.16. The number of hydrogen-bond donors (Lipinski definition) is 0. The molecule has 2 aromatic carbocycles. The van der Waals surface area contributed by atoms with Crippen molar-refractivity contribution in [3.8, 4) is 11.5 Å². The molecule has 1 fully saturated rings. The van der Waals surface area contributed by atoms with Gasteiger partial charge in [-0.25, -0.2) is 12.8 Å². The average molecular weight is 392 g/mol. The molecule has 0 unspecified atom stereocenters. The highest BCUT2D eigenvalue weighted by atomic mass is 32.2. The normalized spacial score (nSPS) is 18.0. The summed E-state index contributed by atoms with van der Waals surface area (Å²) in [5.41, 5.74) is 1.65. The molecule has 4 rings (SSSR count). The molecule has 0 N–H and O–H groups in total. The van der Waals surface area contributed by atoms with E-state index in [1.807, 2.05) is 18.2 Å². The van der Waals surface area contributed by atoms with Crippen LogP contribution >= 0.6 is 0 Å². The molecule has 0 radical (unpaired) electrons. The molecule has 2 heterocycles. The fourth-order valence-corrected chi connectivity index (χ4v) is 5.08. The lowest BCUT2D eigenvalue weighted by molar-refractivity contribution is 0.173. The van der Waals surface area contributed by atoms with Gasteiger partial charge in [-0.1, -0.05) is 12.1 Å². The number of fused-ring (bicyclic) bond motifs is 1. The summed E-state index contributed by atoms with van der Waals surface area (Å²) in [4.78, 5) is 2.24. The molecule has 27 heavy (non-hydrogen) atoms. The summed E-state index contributed by atoms with van der Waals surface area (Å²) < 4.78 is 51.4. The number of rotatable bonds is 4. The van der Waals surface area contributed by atoms with Crippen molar-refractivity contribution in [1.29, 1.82) is 0 Å². The van der Waals surface area contributed by atoms with Crippen molar-refractivity contribution in [3.63, 3.8) is 0 Å². The molecule has 2 aliphatic rings. The lowest BCUT2D eigenvalue weighted by Gasteiger charge is -2.34. The molecule has 0 spiro atoms. The van der Waals surface area contributed by atoms with Gasteiger partial charge in [-0.05, 0) is 42.3 Å². The summed E-state index contributed by atoms with van der Waals surface area (Å²) in [6.45, 7) is 4.62. The Labute approximate surface area is 158 Å². The van der Waals surface area contributed by atoms with Gasteiger partial charge < -0.3 is 9.47 Å². The van der Waals surface area contributed by atoms with Crippen LogP contribution in [0.5, 0.6) is 11.5 Å². The lowest BCUT2D eigenvalue weighted by Crippen LogP contribution is -2.48. The highest BCUT2D eigenvalue weighted by molar-refractivity contribution is 7.89. The van der Waals surface area contributed by atoms with Crippen LogP contribution in [0.4, 0.5) is 4.39 Å². The van der Waals surface area contributed by atoms with Gasteiger partial charge in [0.15, 0.2) is 11.5 Å². The average Bonchev–Trinajstić information content (AvgIpc) is 3.12. The SMILES string of the molecule is Cc1ccc(F)cc1S(=O)(=O)N1CCN(Cc2ccc3c(c2)OCO3)CC1. The van der Waals surface area contributed by atoms with Crippen LogP contribution in [0.25, 0.3) is 0 Å². The zero-order valence-electron chi connectivity index (χ0n) is 15.0. The Balaban J connectivity index is 1.42. The van der Waals surface area contributed by atoms with Crippen molar-refractivity contribution >= 4 is 10.0 Å². The molecule has 2 aromatic rings. The summed E-state index contributed by atoms with van der Waals surface area (Å²) in [6, 6.07) is 9.72. The first-order valence-corrected chi connectivity index (χ1v) is 10.2. The second-order valence-electron chi connectivity index (χ2n) is 6.78. The zero-order valence-corrected chi connectivity index (χ0v) is 15.8. The topological polar surface area (TPSA) is 59.1 Å². The summed E-state index contributed by atoms with van der Waals surface area (Å²) in [6.07, 6.45) is 0. The van der Waals surface area contributed by atoms with Crippen molar-refractivity contribution in [1.82, 2.24) is 9.21 Å². The van der Waals surface area contributed by atoms with Crippen molar-refractivity contribution in [3.05, 3.63) is 53.3 Å². The van der Waals surface area contributed by atoms with E-state index in [1.165, 1.54) is 16.4 Å². The smallest absolute Gasteiger partial charge is 0.243 e. The van der Waals surface area contributed by atoms with Crippen molar-refractivity contribution < 1.29 is 22.3 Å². The van der Waals surface area contributed by atoms with Crippen LogP contribution in [0.1, 0.15) is 11.1 Å². The summed E-state index contributed by atoms with van der Waals surface area (Å²) in [5.74, 6) is 0.955. The molecule has 0 bridgehead atoms. The summed E-state index contributed by atoms with van der Waals surface area (Å²) in [7, 11) is -3.69. The number of benzene rings is 2. The van der Waals surface area contributed by atoms with E-state index in [0.29, 0.717) is 38.3 Å². The summed E-state index contributed by atoms with van der Waals surface area (Å²) in [5, 5.41) is 0. The van der Waals surface area contributed by atoms with Gasteiger partial charge >= 0.3 is 0 Å². The molecule has 0 amide bonds. The first kappa shape index (κ1) is 18.2. The van der Waals surface area contributed by atoms with Crippen molar-refractivity contribution in [2.45, 2.75) is 18.4 Å². The Morgan fingerprint density at radius 2 is 1.74 bits per heavy atom. The van der Waals surface area contributed by atoms with Gasteiger partial charge in [0.25, 0.3) is 0 Å². The fraction of sp³-hybridized carbons (Fsp3) is 0.368. The van der Waals surface area contributed by atoms with E-state index in [-0.39, 0.29) is 11.7 Å². The number of sulfonamides is 1. The first-order valence-electron chi connectivity index (χ1n) is 8.81. The summed E-state index contributed by atoms with van der Waals surface area (Å²) >= 11 is 0. The van der Waals surface area contributed by atoms with Crippen LogP contribution in [0.2, 0.25) is 0 Å². The molecule has 0 saturated carbocycles. The highest BCUT2D eigenvalue weighted by Gasteiger charge is 2.30. The number of halogens is 1. The third kappa shape index (κ3) is 3.65. The fourth-order valence-electron chi connectivity index (χ4n) is 3.42. The minimum absolute atomic E-state index is 0.0479. The largest absolute Gasteiger partial charge is 0.454 e. The molecule has 8 heteroatoms. The van der Waals surface area contributed by atoms with E-state index in [0.717, 1.165) is 23.1 Å². The Kier molecular flexibility index (Phi) is 4.79. The molecule has 2 aliphatic heterocycles. The molecular formula is C19H21FN2O4S. The van der Waals surface area contributed by atoms with E-state index in [2.05, 4.69) is 4.90 Å². The van der Waals surface area contributed by atoms with Crippen LogP contribution in [0.3, 0.4) is 0 Å². The van der Waals surface area contributed by atoms with Gasteiger partial charge in [0.1, 0.15) is 5.82 Å². The van der Waals surface area contributed by atoms with E-state index in [4.69, 9.17) is 9.47 Å². The van der Waals surface area contributed by atoms with Gasteiger partial charge in [-0.15, -0.1) is 0 Å². The standard InChI is InChI=1S/C19H21FN2O4S/c1-14-2-4-16(20)11-19(14)27(23,24)22-8-6-21(7-9-22)12-15-3-5-17-18(10-15)26-13-25-17/h2-5,10-11H,6-9,12-13H2,1H3. The second kappa shape index (κ2) is 7.10. The van der Waals surface area contributed by atoms with Crippen LogP contribution in [-0.2, 0) is 16.6 Å². The predicted molar refractivity (Wildman–Crippen MR) is 97.7 cm³/mol. The highest BCUT2D eigenvalue weighted by Crippen LogP contribution is 2.33. The van der Waals surface area contributed by atoms with E-state index < -0.39 is 15.8 Å². The van der Waals surface area contributed by atoms with Crippen molar-refractivity contribution in [2.24, 2.45) is 0 Å². The van der Waals surface area contributed by atoms with Crippen LogP contribution in [0, 0.1) is 12.7 Å². The maximum Gasteiger partial charge on any atom is 0.243 e. The lowest BCUT2D eigenvalue weighted by atomic mass is 10.2. The van der Waals surface area contributed by atoms with Crippen LogP contribution < -0.4 is 9.47 Å². The monoisotopic (exact) mass is 392 g/mol. The van der Waals surface area contributed by atoms with Gasteiger partial charge in [0.2, 0.25) is 16.8 Å².